The molecule has 0 aromatic heterocycles. The van der Waals surface area contributed by atoms with Gasteiger partial charge in [-0.05, 0) is 78.8 Å². The van der Waals surface area contributed by atoms with Crippen LogP contribution in [-0.2, 0) is 45.4 Å². The predicted octanol–water partition coefficient (Wildman–Crippen LogP) is 5.73. The Kier molecular flexibility index (Phi) is 6.30. The first-order valence-corrected chi connectivity index (χ1v) is 10.1. The molecule has 4 rings (SSSR count). The van der Waals surface area contributed by atoms with E-state index in [-0.39, 0.29) is 0 Å². The summed E-state index contributed by atoms with van der Waals surface area (Å²) >= 11 is 0. The minimum Gasteiger partial charge on any atom is -0.380 e. The Morgan fingerprint density at radius 2 is 0.667 bits per heavy atom. The van der Waals surface area contributed by atoms with Crippen molar-refractivity contribution in [3.05, 3.63) is 70.8 Å². The summed E-state index contributed by atoms with van der Waals surface area (Å²) in [7, 11) is 6.94. The van der Waals surface area contributed by atoms with Gasteiger partial charge in [0.1, 0.15) is 0 Å². The van der Waals surface area contributed by atoms with Crippen LogP contribution >= 0.6 is 0 Å². The van der Waals surface area contributed by atoms with E-state index in [0.29, 0.717) is 26.4 Å². The van der Waals surface area contributed by atoms with Crippen molar-refractivity contribution in [2.75, 3.05) is 28.4 Å². The Hall–Kier alpha value is -2.50. The standard InChI is InChI=1S/C26H28O4/c1-27-13-17-5-6-18(14-28-2)24-10-22-12-26-20(16-30-4)8-7-19(15-29-3)25(26)11-21(22)9-23(17)24/h5-12H,13-16H2,1-4H3. The van der Waals surface area contributed by atoms with Crippen LogP contribution in [0.5, 0.6) is 0 Å². The van der Waals surface area contributed by atoms with Gasteiger partial charge in [0.25, 0.3) is 0 Å². The molecule has 0 bridgehead atoms. The van der Waals surface area contributed by atoms with E-state index in [9.17, 15) is 0 Å². The normalized spacial score (nSPS) is 11.7. The fourth-order valence-electron chi connectivity index (χ4n) is 4.30. The van der Waals surface area contributed by atoms with Gasteiger partial charge in [0.2, 0.25) is 0 Å². The summed E-state index contributed by atoms with van der Waals surface area (Å²) < 4.78 is 21.8. The molecule has 0 aliphatic heterocycles. The molecule has 4 nitrogen and oxygen atoms in total. The number of hydrogen-bond donors (Lipinski definition) is 0. The highest BCUT2D eigenvalue weighted by Crippen LogP contribution is 2.34. The number of fused-ring (bicyclic) bond motifs is 3. The first-order chi connectivity index (χ1) is 14.7. The number of methoxy groups -OCH3 is 4. The van der Waals surface area contributed by atoms with Crippen LogP contribution in [0.25, 0.3) is 32.3 Å². The molecule has 0 fully saturated rings. The van der Waals surface area contributed by atoms with Crippen LogP contribution < -0.4 is 0 Å². The van der Waals surface area contributed by atoms with E-state index in [1.165, 1.54) is 54.6 Å². The molecule has 0 unspecified atom stereocenters. The molecule has 30 heavy (non-hydrogen) atoms. The molecular formula is C26H28O4. The molecule has 0 atom stereocenters. The van der Waals surface area contributed by atoms with Crippen molar-refractivity contribution >= 4 is 32.3 Å². The summed E-state index contributed by atoms with van der Waals surface area (Å²) in [5, 5.41) is 7.24. The zero-order valence-electron chi connectivity index (χ0n) is 18.1. The lowest BCUT2D eigenvalue weighted by Crippen LogP contribution is -1.97. The second-order valence-electron chi connectivity index (χ2n) is 7.64. The average Bonchev–Trinajstić information content (AvgIpc) is 2.75. The summed E-state index contributed by atoms with van der Waals surface area (Å²) in [6.07, 6.45) is 0. The first kappa shape index (κ1) is 20.8. The Morgan fingerprint density at radius 3 is 0.867 bits per heavy atom. The molecule has 4 aromatic rings. The highest BCUT2D eigenvalue weighted by molar-refractivity contribution is 6.07. The van der Waals surface area contributed by atoms with Crippen LogP contribution in [-0.4, -0.2) is 28.4 Å². The van der Waals surface area contributed by atoms with Gasteiger partial charge >= 0.3 is 0 Å². The molecule has 156 valence electrons. The zero-order valence-corrected chi connectivity index (χ0v) is 18.1. The van der Waals surface area contributed by atoms with Gasteiger partial charge in [-0.1, -0.05) is 24.3 Å². The SMILES string of the molecule is COCc1ccc(COC)c2cc3cc4c(COC)ccc(COC)c4cc3cc12. The van der Waals surface area contributed by atoms with Crippen molar-refractivity contribution in [3.8, 4) is 0 Å². The van der Waals surface area contributed by atoms with Crippen LogP contribution in [0, 0.1) is 0 Å². The van der Waals surface area contributed by atoms with Crippen molar-refractivity contribution in [1.82, 2.24) is 0 Å². The van der Waals surface area contributed by atoms with Crippen molar-refractivity contribution < 1.29 is 18.9 Å². The minimum absolute atomic E-state index is 0.579. The maximum absolute atomic E-state index is 5.45. The molecular weight excluding hydrogens is 376 g/mol. The number of ether oxygens (including phenoxy) is 4. The van der Waals surface area contributed by atoms with E-state index in [4.69, 9.17) is 18.9 Å². The van der Waals surface area contributed by atoms with Gasteiger partial charge in [0, 0.05) is 28.4 Å². The third kappa shape index (κ3) is 3.80. The van der Waals surface area contributed by atoms with Gasteiger partial charge in [0.05, 0.1) is 26.4 Å². The van der Waals surface area contributed by atoms with Gasteiger partial charge in [-0.15, -0.1) is 0 Å². The molecule has 0 spiro atoms. The fourth-order valence-corrected chi connectivity index (χ4v) is 4.30. The van der Waals surface area contributed by atoms with Gasteiger partial charge in [-0.3, -0.25) is 0 Å². The summed E-state index contributed by atoms with van der Waals surface area (Å²) in [5.74, 6) is 0. The van der Waals surface area contributed by atoms with E-state index >= 15 is 0 Å². The largest absolute Gasteiger partial charge is 0.380 e. The Labute approximate surface area is 177 Å². The summed E-state index contributed by atoms with van der Waals surface area (Å²) in [4.78, 5) is 0. The molecule has 0 amide bonds. The Balaban J connectivity index is 2.05. The highest BCUT2D eigenvalue weighted by Gasteiger charge is 2.12. The van der Waals surface area contributed by atoms with E-state index in [2.05, 4.69) is 48.5 Å². The van der Waals surface area contributed by atoms with Gasteiger partial charge in [-0.25, -0.2) is 0 Å². The zero-order chi connectivity index (χ0) is 21.1. The third-order valence-electron chi connectivity index (χ3n) is 5.67. The lowest BCUT2D eigenvalue weighted by Gasteiger charge is -2.15. The summed E-state index contributed by atoms with van der Waals surface area (Å²) in [6, 6.07) is 17.7. The molecule has 0 aliphatic rings. The average molecular weight is 405 g/mol. The molecule has 0 saturated carbocycles. The number of rotatable bonds is 8. The summed E-state index contributed by atoms with van der Waals surface area (Å²) in [5.41, 5.74) is 4.72. The van der Waals surface area contributed by atoms with Crippen molar-refractivity contribution in [2.24, 2.45) is 0 Å². The quantitative estimate of drug-likeness (QED) is 0.351. The lowest BCUT2D eigenvalue weighted by molar-refractivity contribution is 0.184. The van der Waals surface area contributed by atoms with Gasteiger partial charge in [0.15, 0.2) is 0 Å². The van der Waals surface area contributed by atoms with Crippen molar-refractivity contribution in [3.63, 3.8) is 0 Å². The van der Waals surface area contributed by atoms with E-state index in [1.54, 1.807) is 28.4 Å². The van der Waals surface area contributed by atoms with E-state index in [1.807, 2.05) is 0 Å². The van der Waals surface area contributed by atoms with Crippen LogP contribution in [0.1, 0.15) is 22.3 Å². The van der Waals surface area contributed by atoms with Gasteiger partial charge < -0.3 is 18.9 Å². The van der Waals surface area contributed by atoms with Crippen LogP contribution in [0.3, 0.4) is 0 Å². The van der Waals surface area contributed by atoms with Crippen molar-refractivity contribution in [1.29, 1.82) is 0 Å². The predicted molar refractivity (Wildman–Crippen MR) is 122 cm³/mol. The summed E-state index contributed by atoms with van der Waals surface area (Å²) in [6.45, 7) is 2.32. The Morgan fingerprint density at radius 1 is 0.433 bits per heavy atom. The molecule has 0 radical (unpaired) electrons. The molecule has 0 saturated heterocycles. The third-order valence-corrected chi connectivity index (χ3v) is 5.67. The van der Waals surface area contributed by atoms with E-state index < -0.39 is 0 Å². The van der Waals surface area contributed by atoms with Gasteiger partial charge in [-0.2, -0.15) is 0 Å². The molecule has 0 N–H and O–H groups in total. The van der Waals surface area contributed by atoms with E-state index in [0.717, 1.165) is 0 Å². The molecule has 0 heterocycles. The maximum atomic E-state index is 5.45. The van der Waals surface area contributed by atoms with Crippen molar-refractivity contribution in [2.45, 2.75) is 26.4 Å². The second-order valence-corrected chi connectivity index (χ2v) is 7.64. The minimum atomic E-state index is 0.579. The molecule has 4 heteroatoms. The molecule has 4 aromatic carbocycles. The smallest absolute Gasteiger partial charge is 0.0719 e. The van der Waals surface area contributed by atoms with Crippen LogP contribution in [0.15, 0.2) is 48.5 Å². The number of benzene rings is 4. The monoisotopic (exact) mass is 404 g/mol. The number of hydrogen-bond acceptors (Lipinski definition) is 4. The fraction of sp³-hybridized carbons (Fsp3) is 0.308. The van der Waals surface area contributed by atoms with Crippen LogP contribution in [0.2, 0.25) is 0 Å². The molecule has 0 aliphatic carbocycles. The highest BCUT2D eigenvalue weighted by atomic mass is 16.5. The topological polar surface area (TPSA) is 36.9 Å². The lowest BCUT2D eigenvalue weighted by atomic mass is 9.92. The first-order valence-electron chi connectivity index (χ1n) is 10.1. The Bertz CT molecular complexity index is 1010. The van der Waals surface area contributed by atoms with Crippen LogP contribution in [0.4, 0.5) is 0 Å². The second kappa shape index (κ2) is 9.11. The maximum Gasteiger partial charge on any atom is 0.0719 e.